The number of hydrogen-bond acceptors (Lipinski definition) is 5. The van der Waals surface area contributed by atoms with Crippen molar-refractivity contribution in [3.8, 4) is 0 Å². The molecule has 0 spiro atoms. The Morgan fingerprint density at radius 1 is 1.29 bits per heavy atom. The summed E-state index contributed by atoms with van der Waals surface area (Å²) in [6.45, 7) is 3.77. The number of pyridine rings is 1. The van der Waals surface area contributed by atoms with Crippen molar-refractivity contribution in [2.24, 2.45) is 11.8 Å². The third kappa shape index (κ3) is 4.59. The molecule has 130 valence electrons. The molecule has 0 aliphatic rings. The zero-order chi connectivity index (χ0) is 17.7. The molecule has 2 N–H and O–H groups in total. The van der Waals surface area contributed by atoms with Crippen LogP contribution >= 0.6 is 20.2 Å². The van der Waals surface area contributed by atoms with E-state index in [9.17, 15) is 19.6 Å². The van der Waals surface area contributed by atoms with Crippen molar-refractivity contribution in [3.05, 3.63) is 36.4 Å². The molecule has 1 aromatic carbocycles. The lowest BCUT2D eigenvalue weighted by Crippen LogP contribution is -2.40. The van der Waals surface area contributed by atoms with E-state index >= 15 is 0 Å². The van der Waals surface area contributed by atoms with E-state index in [1.165, 1.54) is 11.8 Å². The number of hydrogen-bond donors (Lipinski definition) is 2. The van der Waals surface area contributed by atoms with Crippen LogP contribution in [0.2, 0.25) is 0 Å². The number of para-hydroxylation sites is 1. The van der Waals surface area contributed by atoms with E-state index in [1.807, 2.05) is 50.2 Å². The second-order valence-electron chi connectivity index (χ2n) is 6.26. The predicted octanol–water partition coefficient (Wildman–Crippen LogP) is 3.52. The molecule has 0 aliphatic heterocycles. The highest BCUT2D eigenvalue weighted by Gasteiger charge is 2.41. The lowest BCUT2D eigenvalue weighted by atomic mass is 9.92. The molecule has 0 aliphatic carbocycles. The molecular weight excluding hydrogens is 345 g/mol. The quantitative estimate of drug-likeness (QED) is 0.548. The van der Waals surface area contributed by atoms with Gasteiger partial charge in [0.2, 0.25) is 0 Å². The van der Waals surface area contributed by atoms with E-state index in [0.29, 0.717) is 5.03 Å². The molecule has 7 heteroatoms. The predicted molar refractivity (Wildman–Crippen MR) is 98.4 cm³/mol. The summed E-state index contributed by atoms with van der Waals surface area (Å²) < 4.78 is 11.6. The van der Waals surface area contributed by atoms with Crippen LogP contribution in [0.1, 0.15) is 20.3 Å². The van der Waals surface area contributed by atoms with Gasteiger partial charge in [-0.3, -0.25) is 4.79 Å². The fraction of sp³-hybridized carbons (Fsp3) is 0.412. The van der Waals surface area contributed by atoms with Crippen LogP contribution in [-0.2, 0) is 9.36 Å². The summed E-state index contributed by atoms with van der Waals surface area (Å²) >= 11 is 1.24. The topological polar surface area (TPSA) is 87.5 Å². The highest BCUT2D eigenvalue weighted by Crippen LogP contribution is 2.38. The molecule has 3 unspecified atom stereocenters. The zero-order valence-electron chi connectivity index (χ0n) is 13.7. The minimum absolute atomic E-state index is 0.0425. The van der Waals surface area contributed by atoms with Crippen LogP contribution < -0.4 is 0 Å². The third-order valence-electron chi connectivity index (χ3n) is 3.84. The van der Waals surface area contributed by atoms with Gasteiger partial charge < -0.3 is 14.8 Å². The van der Waals surface area contributed by atoms with Crippen molar-refractivity contribution in [2.45, 2.75) is 30.6 Å². The minimum atomic E-state index is -1.71. The van der Waals surface area contributed by atoms with E-state index < -0.39 is 25.7 Å². The molecule has 0 saturated heterocycles. The molecule has 0 saturated carbocycles. The fourth-order valence-electron chi connectivity index (χ4n) is 2.52. The first-order valence-corrected chi connectivity index (χ1v) is 9.79. The summed E-state index contributed by atoms with van der Waals surface area (Å²) in [5, 5.41) is 20.1. The van der Waals surface area contributed by atoms with Gasteiger partial charge in [0.1, 0.15) is 5.34 Å². The van der Waals surface area contributed by atoms with Crippen molar-refractivity contribution >= 4 is 37.1 Å². The van der Waals surface area contributed by atoms with Crippen LogP contribution in [0.3, 0.4) is 0 Å². The maximum atomic E-state index is 11.6. The molecule has 0 radical (unpaired) electrons. The molecule has 0 amide bonds. The Morgan fingerprint density at radius 3 is 2.62 bits per heavy atom. The maximum absolute atomic E-state index is 11.6. The van der Waals surface area contributed by atoms with E-state index in [-0.39, 0.29) is 18.1 Å². The second-order valence-corrected chi connectivity index (χ2v) is 8.49. The normalized spacial score (nSPS) is 15.8. The number of thioether (sulfide) groups is 1. The maximum Gasteiger partial charge on any atom is 0.309 e. The number of aromatic nitrogens is 1. The van der Waals surface area contributed by atoms with Crippen molar-refractivity contribution in [2.75, 3.05) is 5.75 Å². The SMILES string of the molecule is CC(C)CC(C(=O)O)C(O)(CSc1ccc2ccccc2n1)[PH2]=O. The zero-order valence-corrected chi connectivity index (χ0v) is 15.6. The first-order valence-electron chi connectivity index (χ1n) is 7.76. The smallest absolute Gasteiger partial charge is 0.309 e. The summed E-state index contributed by atoms with van der Waals surface area (Å²) in [4.78, 5) is 16.0. The Balaban J connectivity index is 2.18. The number of fused-ring (bicyclic) bond motifs is 1. The Morgan fingerprint density at radius 2 is 2.00 bits per heavy atom. The molecule has 0 fully saturated rings. The molecule has 5 nitrogen and oxygen atoms in total. The largest absolute Gasteiger partial charge is 0.481 e. The van der Waals surface area contributed by atoms with Gasteiger partial charge in [-0.05, 0) is 24.5 Å². The molecule has 24 heavy (non-hydrogen) atoms. The molecule has 1 heterocycles. The first-order chi connectivity index (χ1) is 11.4. The Kier molecular flexibility index (Phi) is 6.44. The summed E-state index contributed by atoms with van der Waals surface area (Å²) in [6.07, 6.45) is 0.285. The van der Waals surface area contributed by atoms with Crippen LogP contribution in [0.15, 0.2) is 41.4 Å². The van der Waals surface area contributed by atoms with Gasteiger partial charge in [0.25, 0.3) is 0 Å². The van der Waals surface area contributed by atoms with E-state index in [1.54, 1.807) is 0 Å². The molecule has 1 aromatic heterocycles. The van der Waals surface area contributed by atoms with Crippen LogP contribution in [0.25, 0.3) is 10.9 Å². The van der Waals surface area contributed by atoms with Gasteiger partial charge in [0.15, 0.2) is 0 Å². The average Bonchev–Trinajstić information content (AvgIpc) is 2.57. The Hall–Kier alpha value is -1.36. The van der Waals surface area contributed by atoms with Crippen molar-refractivity contribution < 1.29 is 19.6 Å². The van der Waals surface area contributed by atoms with Crippen molar-refractivity contribution in [1.82, 2.24) is 4.98 Å². The summed E-state index contributed by atoms with van der Waals surface area (Å²) in [6, 6.07) is 11.4. The molecular formula is C17H22NO4PS. The fourth-order valence-corrected chi connectivity index (χ4v) is 4.40. The number of rotatable bonds is 8. The van der Waals surface area contributed by atoms with Crippen LogP contribution in [-0.4, -0.2) is 32.3 Å². The number of nitrogens with zero attached hydrogens (tertiary/aromatic N) is 1. The number of aliphatic hydroxyl groups is 1. The Bertz CT molecular complexity index is 739. The third-order valence-corrected chi connectivity index (χ3v) is 6.28. The van der Waals surface area contributed by atoms with Gasteiger partial charge in [-0.15, -0.1) is 11.8 Å². The van der Waals surface area contributed by atoms with Crippen molar-refractivity contribution in [1.29, 1.82) is 0 Å². The minimum Gasteiger partial charge on any atom is -0.481 e. The lowest BCUT2D eigenvalue weighted by Gasteiger charge is -2.29. The van der Waals surface area contributed by atoms with Gasteiger partial charge in [-0.25, -0.2) is 4.98 Å². The van der Waals surface area contributed by atoms with Crippen molar-refractivity contribution in [3.63, 3.8) is 0 Å². The number of aliphatic carboxylic acids is 1. The van der Waals surface area contributed by atoms with Gasteiger partial charge in [0, 0.05) is 11.1 Å². The van der Waals surface area contributed by atoms with Crippen LogP contribution in [0, 0.1) is 11.8 Å². The second kappa shape index (κ2) is 8.15. The Labute approximate surface area is 146 Å². The van der Waals surface area contributed by atoms with Gasteiger partial charge in [0.05, 0.1) is 24.9 Å². The number of carboxylic acids is 1. The summed E-state index contributed by atoms with van der Waals surface area (Å²) in [7, 11) is -1.65. The lowest BCUT2D eigenvalue weighted by molar-refractivity contribution is -0.147. The van der Waals surface area contributed by atoms with Gasteiger partial charge in [-0.1, -0.05) is 38.1 Å². The first kappa shape index (κ1) is 19.0. The number of benzene rings is 1. The highest BCUT2D eigenvalue weighted by molar-refractivity contribution is 7.99. The van der Waals surface area contributed by atoms with E-state index in [0.717, 1.165) is 10.9 Å². The van der Waals surface area contributed by atoms with Gasteiger partial charge in [-0.2, -0.15) is 0 Å². The average molecular weight is 367 g/mol. The molecule has 2 rings (SSSR count). The number of carboxylic acid groups (broad SMARTS) is 1. The standard InChI is InChI=1S/C17H22NO4PS/c1-11(2)9-13(16(19)20)17(21,23-22)10-24-15-8-7-12-5-3-4-6-14(12)18-15/h3-8,11,13,21H,9-10,23H2,1-2H3,(H,19,20). The van der Waals surface area contributed by atoms with E-state index in [2.05, 4.69) is 4.98 Å². The molecule has 2 aromatic rings. The van der Waals surface area contributed by atoms with Gasteiger partial charge >= 0.3 is 5.97 Å². The van der Waals surface area contributed by atoms with Crippen LogP contribution in [0.5, 0.6) is 0 Å². The van der Waals surface area contributed by atoms with E-state index in [4.69, 9.17) is 0 Å². The molecule has 3 atom stereocenters. The monoisotopic (exact) mass is 367 g/mol. The number of carbonyl (C=O) groups is 1. The molecule has 0 bridgehead atoms. The summed E-state index contributed by atoms with van der Waals surface area (Å²) in [5.74, 6) is -2.02. The highest BCUT2D eigenvalue weighted by atomic mass is 32.2. The van der Waals surface area contributed by atoms with Crippen LogP contribution in [0.4, 0.5) is 0 Å². The summed E-state index contributed by atoms with van der Waals surface area (Å²) in [5.41, 5.74) is 0.831.